The lowest BCUT2D eigenvalue weighted by Gasteiger charge is -2.14. The highest BCUT2D eigenvalue weighted by Gasteiger charge is 2.13. The summed E-state index contributed by atoms with van der Waals surface area (Å²) in [5, 5.41) is 9.99. The Kier molecular flexibility index (Phi) is 5.00. The Labute approximate surface area is 122 Å². The molecule has 2 rings (SSSR count). The Morgan fingerprint density at radius 2 is 1.57 bits per heavy atom. The number of ether oxygens (including phenoxy) is 3. The van der Waals surface area contributed by atoms with Crippen LogP contribution in [0, 0.1) is 5.82 Å². The summed E-state index contributed by atoms with van der Waals surface area (Å²) < 4.78 is 29.3. The van der Waals surface area contributed by atoms with Crippen LogP contribution >= 0.6 is 0 Å². The standard InChI is InChI=1S/C16H17FO4/c1-19-11-7-12(20-2)9-13(8-11)21-10-16(18)14-5-3-4-6-15(14)17/h3-9,16,18H,10H2,1-2H3. The smallest absolute Gasteiger partial charge is 0.129 e. The summed E-state index contributed by atoms with van der Waals surface area (Å²) in [5.74, 6) is 1.16. The molecule has 0 aliphatic rings. The molecule has 1 unspecified atom stereocenters. The van der Waals surface area contributed by atoms with Crippen molar-refractivity contribution in [3.05, 3.63) is 53.8 Å². The van der Waals surface area contributed by atoms with Crippen LogP contribution in [-0.4, -0.2) is 25.9 Å². The number of aliphatic hydroxyl groups excluding tert-OH is 1. The molecule has 0 bridgehead atoms. The van der Waals surface area contributed by atoms with Gasteiger partial charge >= 0.3 is 0 Å². The number of hydrogen-bond donors (Lipinski definition) is 1. The summed E-state index contributed by atoms with van der Waals surface area (Å²) in [7, 11) is 3.07. The zero-order valence-corrected chi connectivity index (χ0v) is 11.9. The maximum absolute atomic E-state index is 13.5. The molecule has 4 nitrogen and oxygen atoms in total. The van der Waals surface area contributed by atoms with Crippen molar-refractivity contribution in [1.82, 2.24) is 0 Å². The molecule has 0 spiro atoms. The first-order valence-electron chi connectivity index (χ1n) is 6.42. The van der Waals surface area contributed by atoms with E-state index < -0.39 is 11.9 Å². The van der Waals surface area contributed by atoms with E-state index in [-0.39, 0.29) is 12.2 Å². The van der Waals surface area contributed by atoms with Gasteiger partial charge in [-0.1, -0.05) is 18.2 Å². The molecule has 0 radical (unpaired) electrons. The van der Waals surface area contributed by atoms with Gasteiger partial charge in [0.15, 0.2) is 0 Å². The molecule has 0 aliphatic heterocycles. The van der Waals surface area contributed by atoms with Crippen LogP contribution in [0.5, 0.6) is 17.2 Å². The second-order valence-corrected chi connectivity index (χ2v) is 4.40. The van der Waals surface area contributed by atoms with E-state index in [1.165, 1.54) is 26.4 Å². The molecule has 0 amide bonds. The van der Waals surface area contributed by atoms with Gasteiger partial charge in [0.1, 0.15) is 35.8 Å². The van der Waals surface area contributed by atoms with Crippen LogP contribution in [0.4, 0.5) is 4.39 Å². The van der Waals surface area contributed by atoms with Gasteiger partial charge in [-0.15, -0.1) is 0 Å². The number of aliphatic hydroxyl groups is 1. The predicted molar refractivity (Wildman–Crippen MR) is 76.4 cm³/mol. The van der Waals surface area contributed by atoms with Gasteiger partial charge in [-0.3, -0.25) is 0 Å². The molecule has 1 atom stereocenters. The third-order valence-corrected chi connectivity index (χ3v) is 3.00. The maximum atomic E-state index is 13.5. The van der Waals surface area contributed by atoms with Gasteiger partial charge in [0.2, 0.25) is 0 Å². The van der Waals surface area contributed by atoms with Gasteiger partial charge in [0.05, 0.1) is 14.2 Å². The molecule has 5 heteroatoms. The molecule has 0 heterocycles. The van der Waals surface area contributed by atoms with Gasteiger partial charge in [-0.05, 0) is 6.07 Å². The number of methoxy groups -OCH3 is 2. The summed E-state index contributed by atoms with van der Waals surface area (Å²) in [6.45, 7) is -0.0722. The zero-order valence-electron chi connectivity index (χ0n) is 11.9. The first kappa shape index (κ1) is 15.1. The predicted octanol–water partition coefficient (Wildman–Crippen LogP) is 2.96. The fourth-order valence-corrected chi connectivity index (χ4v) is 1.87. The van der Waals surface area contributed by atoms with E-state index in [1.807, 2.05) is 0 Å². The van der Waals surface area contributed by atoms with Crippen molar-refractivity contribution in [2.45, 2.75) is 6.10 Å². The first-order chi connectivity index (χ1) is 10.1. The number of halogens is 1. The molecular weight excluding hydrogens is 275 g/mol. The van der Waals surface area contributed by atoms with E-state index in [2.05, 4.69) is 0 Å². The van der Waals surface area contributed by atoms with Crippen LogP contribution in [0.1, 0.15) is 11.7 Å². The van der Waals surface area contributed by atoms with E-state index >= 15 is 0 Å². The summed E-state index contributed by atoms with van der Waals surface area (Å²) in [6.07, 6.45) is -1.05. The lowest BCUT2D eigenvalue weighted by atomic mass is 10.1. The maximum Gasteiger partial charge on any atom is 0.129 e. The van der Waals surface area contributed by atoms with Crippen molar-refractivity contribution in [2.24, 2.45) is 0 Å². The molecule has 2 aromatic rings. The third kappa shape index (κ3) is 3.86. The van der Waals surface area contributed by atoms with Crippen molar-refractivity contribution in [3.8, 4) is 17.2 Å². The van der Waals surface area contributed by atoms with E-state index in [0.29, 0.717) is 17.2 Å². The molecule has 0 aromatic heterocycles. The Morgan fingerprint density at radius 1 is 1.00 bits per heavy atom. The highest BCUT2D eigenvalue weighted by molar-refractivity contribution is 5.42. The molecular formula is C16H17FO4. The van der Waals surface area contributed by atoms with Crippen LogP contribution in [0.2, 0.25) is 0 Å². The summed E-state index contributed by atoms with van der Waals surface area (Å²) >= 11 is 0. The normalized spacial score (nSPS) is 11.8. The van der Waals surface area contributed by atoms with Crippen LogP contribution < -0.4 is 14.2 Å². The minimum Gasteiger partial charge on any atom is -0.496 e. The minimum atomic E-state index is -1.05. The first-order valence-corrected chi connectivity index (χ1v) is 6.42. The minimum absolute atomic E-state index is 0.0722. The molecule has 21 heavy (non-hydrogen) atoms. The van der Waals surface area contributed by atoms with Crippen molar-refractivity contribution >= 4 is 0 Å². The lowest BCUT2D eigenvalue weighted by molar-refractivity contribution is 0.104. The second-order valence-electron chi connectivity index (χ2n) is 4.40. The summed E-state index contributed by atoms with van der Waals surface area (Å²) in [4.78, 5) is 0. The van der Waals surface area contributed by atoms with Crippen molar-refractivity contribution < 1.29 is 23.7 Å². The molecule has 0 fully saturated rings. The van der Waals surface area contributed by atoms with Gasteiger partial charge in [0.25, 0.3) is 0 Å². The fraction of sp³-hybridized carbons (Fsp3) is 0.250. The average Bonchev–Trinajstić information content (AvgIpc) is 2.52. The van der Waals surface area contributed by atoms with Crippen LogP contribution in [0.15, 0.2) is 42.5 Å². The zero-order chi connectivity index (χ0) is 15.2. The molecule has 112 valence electrons. The van der Waals surface area contributed by atoms with Crippen molar-refractivity contribution in [2.75, 3.05) is 20.8 Å². The van der Waals surface area contributed by atoms with Crippen molar-refractivity contribution in [1.29, 1.82) is 0 Å². The molecule has 0 saturated heterocycles. The largest absolute Gasteiger partial charge is 0.496 e. The van der Waals surface area contributed by atoms with Gasteiger partial charge < -0.3 is 19.3 Å². The van der Waals surface area contributed by atoms with E-state index in [0.717, 1.165) is 0 Å². The summed E-state index contributed by atoms with van der Waals surface area (Å²) in [5.41, 5.74) is 0.201. The molecule has 1 N–H and O–H groups in total. The van der Waals surface area contributed by atoms with Crippen LogP contribution in [0.25, 0.3) is 0 Å². The Morgan fingerprint density at radius 3 is 2.14 bits per heavy atom. The topological polar surface area (TPSA) is 47.9 Å². The van der Waals surface area contributed by atoms with Gasteiger partial charge in [-0.2, -0.15) is 0 Å². The highest BCUT2D eigenvalue weighted by Crippen LogP contribution is 2.28. The second kappa shape index (κ2) is 6.95. The lowest BCUT2D eigenvalue weighted by Crippen LogP contribution is -2.11. The quantitative estimate of drug-likeness (QED) is 0.889. The number of rotatable bonds is 6. The van der Waals surface area contributed by atoms with Crippen LogP contribution in [0.3, 0.4) is 0 Å². The van der Waals surface area contributed by atoms with Gasteiger partial charge in [0, 0.05) is 23.8 Å². The van der Waals surface area contributed by atoms with E-state index in [9.17, 15) is 9.50 Å². The average molecular weight is 292 g/mol. The highest BCUT2D eigenvalue weighted by atomic mass is 19.1. The Balaban J connectivity index is 2.07. The number of benzene rings is 2. The summed E-state index contributed by atoms with van der Waals surface area (Å²) in [6, 6.07) is 11.1. The van der Waals surface area contributed by atoms with Gasteiger partial charge in [-0.25, -0.2) is 4.39 Å². The molecule has 0 saturated carbocycles. The molecule has 0 aliphatic carbocycles. The number of hydrogen-bond acceptors (Lipinski definition) is 4. The third-order valence-electron chi connectivity index (χ3n) is 3.00. The SMILES string of the molecule is COc1cc(OC)cc(OCC(O)c2ccccc2F)c1. The monoisotopic (exact) mass is 292 g/mol. The van der Waals surface area contributed by atoms with Crippen molar-refractivity contribution in [3.63, 3.8) is 0 Å². The Hall–Kier alpha value is -2.27. The van der Waals surface area contributed by atoms with E-state index in [1.54, 1.807) is 30.3 Å². The van der Waals surface area contributed by atoms with Crippen LogP contribution in [-0.2, 0) is 0 Å². The van der Waals surface area contributed by atoms with E-state index in [4.69, 9.17) is 14.2 Å². The Bertz CT molecular complexity index is 578. The fourth-order valence-electron chi connectivity index (χ4n) is 1.87. The molecule has 2 aromatic carbocycles.